The van der Waals surface area contributed by atoms with Gasteiger partial charge in [-0.25, -0.2) is 18.4 Å². The van der Waals surface area contributed by atoms with E-state index in [1.54, 1.807) is 30.0 Å². The van der Waals surface area contributed by atoms with Crippen LogP contribution in [-0.4, -0.2) is 67.2 Å². The van der Waals surface area contributed by atoms with Crippen molar-refractivity contribution >= 4 is 27.6 Å². The predicted octanol–water partition coefficient (Wildman–Crippen LogP) is 1.68. The summed E-state index contributed by atoms with van der Waals surface area (Å²) in [6, 6.07) is 7.92. The van der Waals surface area contributed by atoms with Crippen LogP contribution < -0.4 is 9.62 Å². The fraction of sp³-hybridized carbons (Fsp3) is 0.455. The average molecular weight is 457 g/mol. The number of carbonyl (C=O) groups is 1. The zero-order chi connectivity index (χ0) is 23.0. The number of piperazine rings is 1. The van der Waals surface area contributed by atoms with Gasteiger partial charge >= 0.3 is 0 Å². The van der Waals surface area contributed by atoms with Crippen LogP contribution in [0, 0.1) is 6.92 Å². The van der Waals surface area contributed by atoms with Gasteiger partial charge in [0.15, 0.2) is 0 Å². The van der Waals surface area contributed by atoms with E-state index in [-0.39, 0.29) is 22.6 Å². The highest BCUT2D eigenvalue weighted by Crippen LogP contribution is 2.23. The van der Waals surface area contributed by atoms with Crippen molar-refractivity contribution in [3.8, 4) is 0 Å². The lowest BCUT2D eigenvalue weighted by molar-refractivity contribution is -0.132. The maximum Gasteiger partial charge on any atom is 0.263 e. The lowest BCUT2D eigenvalue weighted by Gasteiger charge is -2.36. The Kier molecular flexibility index (Phi) is 5.89. The van der Waals surface area contributed by atoms with Crippen molar-refractivity contribution in [2.24, 2.45) is 4.99 Å². The number of aryl methyl sites for hydroxylation is 1. The van der Waals surface area contributed by atoms with Crippen molar-refractivity contribution < 1.29 is 13.2 Å². The summed E-state index contributed by atoms with van der Waals surface area (Å²) in [5.41, 5.74) is 1.43. The van der Waals surface area contributed by atoms with Gasteiger partial charge in [-0.05, 0) is 26.0 Å². The Bertz CT molecular complexity index is 1170. The summed E-state index contributed by atoms with van der Waals surface area (Å²) in [7, 11) is -3.63. The summed E-state index contributed by atoms with van der Waals surface area (Å²) in [4.78, 5) is 30.7. The molecule has 0 unspecified atom stereocenters. The summed E-state index contributed by atoms with van der Waals surface area (Å²) in [6.07, 6.45) is 0. The monoisotopic (exact) mass is 456 g/mol. The standard InChI is InChI=1S/C22H28N6O3S/c1-14(2)20-23-15(3)13-19(25-20)27-9-11-28(12-10-27)22(29)16(4)24-21-17-7-5-6-8-18(17)32(30,31)26-21/h5-8,13-14,16H,9-12H2,1-4H3,(H,24,26)/t16-/m1/s1. The Balaban J connectivity index is 1.44. The number of anilines is 1. The van der Waals surface area contributed by atoms with Gasteiger partial charge in [0.1, 0.15) is 23.5 Å². The van der Waals surface area contributed by atoms with Gasteiger partial charge in [0.25, 0.3) is 10.0 Å². The van der Waals surface area contributed by atoms with Gasteiger partial charge in [0.2, 0.25) is 5.91 Å². The minimum atomic E-state index is -3.63. The zero-order valence-corrected chi connectivity index (χ0v) is 19.6. The first kappa shape index (κ1) is 22.2. The van der Waals surface area contributed by atoms with E-state index in [2.05, 4.69) is 38.4 Å². The highest BCUT2D eigenvalue weighted by molar-refractivity contribution is 7.90. The minimum absolute atomic E-state index is 0.123. The fourth-order valence-electron chi connectivity index (χ4n) is 3.89. The molecule has 0 aliphatic carbocycles. The molecule has 1 atom stereocenters. The van der Waals surface area contributed by atoms with Crippen molar-refractivity contribution in [3.05, 3.63) is 47.4 Å². The normalized spacial score (nSPS) is 19.7. The molecular weight excluding hydrogens is 428 g/mol. The molecule has 2 aromatic rings. The number of sulfonamides is 1. The van der Waals surface area contributed by atoms with Crippen LogP contribution in [0.2, 0.25) is 0 Å². The molecule has 1 aromatic heterocycles. The third-order valence-corrected chi connectivity index (χ3v) is 7.03. The molecule has 3 heterocycles. The molecule has 0 radical (unpaired) electrons. The molecule has 1 fully saturated rings. The predicted molar refractivity (Wildman–Crippen MR) is 122 cm³/mol. The van der Waals surface area contributed by atoms with Crippen LogP contribution in [0.1, 0.15) is 43.8 Å². The number of nitrogens with one attached hydrogen (secondary N) is 1. The number of hydrogen-bond donors (Lipinski definition) is 1. The van der Waals surface area contributed by atoms with E-state index in [9.17, 15) is 13.2 Å². The van der Waals surface area contributed by atoms with Gasteiger partial charge in [-0.15, -0.1) is 0 Å². The second-order valence-electron chi connectivity index (χ2n) is 8.45. The largest absolute Gasteiger partial charge is 0.353 e. The van der Waals surface area contributed by atoms with Crippen LogP contribution >= 0.6 is 0 Å². The molecule has 0 bridgehead atoms. The molecule has 1 N–H and O–H groups in total. The lowest BCUT2D eigenvalue weighted by Crippen LogP contribution is -2.51. The summed E-state index contributed by atoms with van der Waals surface area (Å²) < 4.78 is 27.0. The van der Waals surface area contributed by atoms with Crippen molar-refractivity contribution in [2.45, 2.75) is 44.6 Å². The molecule has 170 valence electrons. The molecule has 9 nitrogen and oxygen atoms in total. The molecule has 1 aromatic carbocycles. The Morgan fingerprint density at radius 2 is 1.78 bits per heavy atom. The topological polar surface area (TPSA) is 108 Å². The second-order valence-corrected chi connectivity index (χ2v) is 10.1. The first-order valence-corrected chi connectivity index (χ1v) is 12.2. The Morgan fingerprint density at radius 1 is 1.09 bits per heavy atom. The van der Waals surface area contributed by atoms with Crippen LogP contribution in [0.15, 0.2) is 40.2 Å². The SMILES string of the molecule is Cc1cc(N2CCN(C(=O)[C@@H](C)N=C3NS(=O)(=O)c4ccccc43)CC2)nc(C(C)C)n1. The fourth-order valence-corrected chi connectivity index (χ4v) is 5.13. The minimum Gasteiger partial charge on any atom is -0.353 e. The van der Waals surface area contributed by atoms with Gasteiger partial charge in [-0.3, -0.25) is 14.5 Å². The maximum absolute atomic E-state index is 13.0. The van der Waals surface area contributed by atoms with E-state index in [0.717, 1.165) is 17.3 Å². The van der Waals surface area contributed by atoms with Crippen LogP contribution in [0.4, 0.5) is 5.82 Å². The Morgan fingerprint density at radius 3 is 2.47 bits per heavy atom. The number of aromatic nitrogens is 2. The van der Waals surface area contributed by atoms with Crippen LogP contribution in [0.5, 0.6) is 0 Å². The highest BCUT2D eigenvalue weighted by Gasteiger charge is 2.32. The van der Waals surface area contributed by atoms with Crippen LogP contribution in [-0.2, 0) is 14.8 Å². The van der Waals surface area contributed by atoms with Crippen molar-refractivity contribution in [1.82, 2.24) is 19.6 Å². The Labute approximate surface area is 188 Å². The molecule has 1 amide bonds. The van der Waals surface area contributed by atoms with Gasteiger partial charge in [-0.2, -0.15) is 0 Å². The third kappa shape index (κ3) is 4.32. The molecule has 1 saturated heterocycles. The smallest absolute Gasteiger partial charge is 0.263 e. The summed E-state index contributed by atoms with van der Waals surface area (Å²) in [6.45, 7) is 10.2. The number of fused-ring (bicyclic) bond motifs is 1. The molecule has 2 aliphatic rings. The second kappa shape index (κ2) is 8.50. The number of amidine groups is 1. The number of hydrogen-bond acceptors (Lipinski definition) is 7. The van der Waals surface area contributed by atoms with E-state index >= 15 is 0 Å². The van der Waals surface area contributed by atoms with Gasteiger partial charge < -0.3 is 9.80 Å². The number of rotatable bonds is 4. The number of aliphatic imine (C=N–C) groups is 1. The van der Waals surface area contributed by atoms with Crippen molar-refractivity contribution in [1.29, 1.82) is 0 Å². The van der Waals surface area contributed by atoms with E-state index in [4.69, 9.17) is 0 Å². The van der Waals surface area contributed by atoms with E-state index in [1.807, 2.05) is 13.0 Å². The van der Waals surface area contributed by atoms with Gasteiger partial charge in [0, 0.05) is 49.4 Å². The van der Waals surface area contributed by atoms with Crippen LogP contribution in [0.25, 0.3) is 0 Å². The number of carbonyl (C=O) groups excluding carboxylic acids is 1. The average Bonchev–Trinajstić information content (AvgIpc) is 3.03. The molecular formula is C22H28N6O3S. The molecule has 0 saturated carbocycles. The molecule has 10 heteroatoms. The van der Waals surface area contributed by atoms with Gasteiger partial charge in [0.05, 0.1) is 4.90 Å². The van der Waals surface area contributed by atoms with Crippen molar-refractivity contribution in [2.75, 3.05) is 31.1 Å². The molecule has 4 rings (SSSR count). The molecule has 0 spiro atoms. The first-order chi connectivity index (χ1) is 15.2. The third-order valence-electron chi connectivity index (χ3n) is 5.63. The summed E-state index contributed by atoms with van der Waals surface area (Å²) in [5.74, 6) is 2.05. The highest BCUT2D eigenvalue weighted by atomic mass is 32.2. The number of benzene rings is 1. The van der Waals surface area contributed by atoms with E-state index in [0.29, 0.717) is 31.7 Å². The number of nitrogens with zero attached hydrogens (tertiary/aromatic N) is 5. The zero-order valence-electron chi connectivity index (χ0n) is 18.7. The summed E-state index contributed by atoms with van der Waals surface area (Å²) >= 11 is 0. The first-order valence-electron chi connectivity index (χ1n) is 10.7. The maximum atomic E-state index is 13.0. The number of amides is 1. The molecule has 32 heavy (non-hydrogen) atoms. The summed E-state index contributed by atoms with van der Waals surface area (Å²) in [5, 5.41) is 0. The van der Waals surface area contributed by atoms with E-state index < -0.39 is 16.1 Å². The van der Waals surface area contributed by atoms with E-state index in [1.165, 1.54) is 6.07 Å². The Hall–Kier alpha value is -3.01. The van der Waals surface area contributed by atoms with Gasteiger partial charge in [-0.1, -0.05) is 26.0 Å². The quantitative estimate of drug-likeness (QED) is 0.750. The van der Waals surface area contributed by atoms with Crippen LogP contribution in [0.3, 0.4) is 0 Å². The lowest BCUT2D eigenvalue weighted by atomic mass is 10.2. The molecule has 2 aliphatic heterocycles. The van der Waals surface area contributed by atoms with Crippen molar-refractivity contribution in [3.63, 3.8) is 0 Å².